The zero-order chi connectivity index (χ0) is 25.4. The van der Waals surface area contributed by atoms with Crippen molar-refractivity contribution in [2.24, 2.45) is 0 Å². The van der Waals surface area contributed by atoms with Gasteiger partial charge in [0.1, 0.15) is 16.1 Å². The van der Waals surface area contributed by atoms with Gasteiger partial charge in [-0.25, -0.2) is 18.7 Å². The molecular weight excluding hydrogens is 481 g/mol. The van der Waals surface area contributed by atoms with Crippen LogP contribution in [-0.2, 0) is 4.74 Å². The number of piperidine rings is 1. The molecular formula is C25H28FN7O2S. The molecule has 5 heterocycles. The van der Waals surface area contributed by atoms with Gasteiger partial charge < -0.3 is 15.4 Å². The maximum atomic E-state index is 14.3. The fourth-order valence-corrected chi connectivity index (χ4v) is 5.22. The van der Waals surface area contributed by atoms with Gasteiger partial charge >= 0.3 is 6.09 Å². The van der Waals surface area contributed by atoms with Crippen LogP contribution in [0.3, 0.4) is 0 Å². The molecule has 0 bridgehead atoms. The number of nitrogens with two attached hydrogens (primary N) is 1. The van der Waals surface area contributed by atoms with Crippen LogP contribution >= 0.6 is 11.8 Å². The highest BCUT2D eigenvalue weighted by Gasteiger charge is 2.29. The molecule has 0 aliphatic carbocycles. The molecule has 36 heavy (non-hydrogen) atoms. The van der Waals surface area contributed by atoms with Crippen LogP contribution in [0.25, 0.3) is 16.6 Å². The molecule has 188 valence electrons. The number of hydrogen-bond donors (Lipinski definition) is 1. The number of nitrogens with zero attached hydrogens (tertiary/aromatic N) is 6. The Balaban J connectivity index is 1.42. The van der Waals surface area contributed by atoms with E-state index >= 15 is 0 Å². The summed E-state index contributed by atoms with van der Waals surface area (Å²) in [6, 6.07) is 4.93. The smallest absolute Gasteiger partial charge is 0.410 e. The number of aromatic nitrogens is 5. The van der Waals surface area contributed by atoms with E-state index in [0.717, 1.165) is 28.9 Å². The molecule has 4 aromatic rings. The number of carbonyl (C=O) groups excluding carboxylic acids is 1. The monoisotopic (exact) mass is 509 g/mol. The number of amides is 1. The van der Waals surface area contributed by atoms with Crippen LogP contribution in [0.5, 0.6) is 0 Å². The number of fused-ring (bicyclic) bond motifs is 1. The Morgan fingerprint density at radius 2 is 2.06 bits per heavy atom. The molecule has 0 aromatic carbocycles. The second-order valence-electron chi connectivity index (χ2n) is 9.81. The predicted octanol–water partition coefficient (Wildman–Crippen LogP) is 5.04. The molecule has 2 N–H and O–H groups in total. The lowest BCUT2D eigenvalue weighted by molar-refractivity contribution is 0.0167. The summed E-state index contributed by atoms with van der Waals surface area (Å²) in [5.41, 5.74) is 8.56. The van der Waals surface area contributed by atoms with E-state index in [9.17, 15) is 9.18 Å². The summed E-state index contributed by atoms with van der Waals surface area (Å²) in [5.74, 6) is -0.399. The Morgan fingerprint density at radius 1 is 1.22 bits per heavy atom. The SMILES string of the molecule is CC(C)(C)OC(=O)N1CCCC(n2cc(-c3cc(Sc4ncccc4F)c4c(N)cnn4c3)cn2)C1. The Morgan fingerprint density at radius 3 is 2.83 bits per heavy atom. The summed E-state index contributed by atoms with van der Waals surface area (Å²) in [4.78, 5) is 19.2. The Labute approximate surface area is 212 Å². The van der Waals surface area contributed by atoms with Gasteiger partial charge in [0.15, 0.2) is 5.82 Å². The van der Waals surface area contributed by atoms with Gasteiger partial charge in [-0.15, -0.1) is 0 Å². The summed E-state index contributed by atoms with van der Waals surface area (Å²) in [6.45, 7) is 6.80. The third kappa shape index (κ3) is 5.01. The molecule has 0 saturated carbocycles. The van der Waals surface area contributed by atoms with Crippen molar-refractivity contribution in [3.8, 4) is 11.1 Å². The first-order valence-corrected chi connectivity index (χ1v) is 12.6. The molecule has 0 radical (unpaired) electrons. The van der Waals surface area contributed by atoms with Gasteiger partial charge in [0.25, 0.3) is 0 Å². The van der Waals surface area contributed by atoms with E-state index in [1.54, 1.807) is 34.1 Å². The minimum Gasteiger partial charge on any atom is -0.444 e. The van der Waals surface area contributed by atoms with E-state index in [-0.39, 0.29) is 17.2 Å². The summed E-state index contributed by atoms with van der Waals surface area (Å²) >= 11 is 1.20. The molecule has 1 unspecified atom stereocenters. The van der Waals surface area contributed by atoms with Gasteiger partial charge in [0.05, 0.1) is 24.1 Å². The third-order valence-electron chi connectivity index (χ3n) is 5.89. The van der Waals surface area contributed by atoms with Crippen molar-refractivity contribution in [1.29, 1.82) is 0 Å². The number of ether oxygens (including phenoxy) is 1. The maximum absolute atomic E-state index is 14.3. The van der Waals surface area contributed by atoms with Crippen LogP contribution in [0.2, 0.25) is 0 Å². The van der Waals surface area contributed by atoms with Gasteiger partial charge in [0, 0.05) is 47.7 Å². The van der Waals surface area contributed by atoms with E-state index < -0.39 is 11.4 Å². The second kappa shape index (κ2) is 9.45. The van der Waals surface area contributed by atoms with Crippen molar-refractivity contribution >= 4 is 29.1 Å². The van der Waals surface area contributed by atoms with Gasteiger partial charge in [0.2, 0.25) is 0 Å². The van der Waals surface area contributed by atoms with Crippen LogP contribution < -0.4 is 5.73 Å². The largest absolute Gasteiger partial charge is 0.444 e. The van der Waals surface area contributed by atoms with E-state index in [1.807, 2.05) is 43.9 Å². The van der Waals surface area contributed by atoms with Gasteiger partial charge in [-0.1, -0.05) is 11.8 Å². The quantitative estimate of drug-likeness (QED) is 0.411. The first-order chi connectivity index (χ1) is 17.2. The van der Waals surface area contributed by atoms with Gasteiger partial charge in [-0.3, -0.25) is 4.68 Å². The van der Waals surface area contributed by atoms with Crippen molar-refractivity contribution in [1.82, 2.24) is 29.3 Å². The van der Waals surface area contributed by atoms with E-state index in [0.29, 0.717) is 24.3 Å². The first-order valence-electron chi connectivity index (χ1n) is 11.8. The molecule has 1 aliphatic rings. The van der Waals surface area contributed by atoms with Crippen LogP contribution in [0.1, 0.15) is 39.7 Å². The molecule has 1 atom stereocenters. The average molecular weight is 510 g/mol. The molecule has 1 amide bonds. The second-order valence-corrected chi connectivity index (χ2v) is 10.8. The number of carbonyl (C=O) groups is 1. The normalized spacial score (nSPS) is 16.4. The molecule has 1 fully saturated rings. The summed E-state index contributed by atoms with van der Waals surface area (Å²) in [5, 5.41) is 9.23. The summed E-state index contributed by atoms with van der Waals surface area (Å²) in [7, 11) is 0. The van der Waals surface area contributed by atoms with Gasteiger partial charge in [-0.05, 0) is 51.8 Å². The van der Waals surface area contributed by atoms with E-state index in [4.69, 9.17) is 10.5 Å². The topological polar surface area (TPSA) is 104 Å². The van der Waals surface area contributed by atoms with E-state index in [2.05, 4.69) is 15.2 Å². The average Bonchev–Trinajstić information content (AvgIpc) is 3.47. The molecule has 9 nitrogen and oxygen atoms in total. The highest BCUT2D eigenvalue weighted by atomic mass is 32.2. The van der Waals surface area contributed by atoms with Crippen LogP contribution in [-0.4, -0.2) is 54.1 Å². The number of hydrogen-bond acceptors (Lipinski definition) is 7. The Bertz CT molecular complexity index is 1410. The molecule has 0 spiro atoms. The Kier molecular flexibility index (Phi) is 6.33. The lowest BCUT2D eigenvalue weighted by Gasteiger charge is -2.34. The van der Waals surface area contributed by atoms with Crippen molar-refractivity contribution in [3.63, 3.8) is 0 Å². The highest BCUT2D eigenvalue weighted by Crippen LogP contribution is 2.37. The van der Waals surface area contributed by atoms with Crippen molar-refractivity contribution < 1.29 is 13.9 Å². The standard InChI is InChI=1S/C25H28FN7O2S/c1-25(2,3)35-24(34)31-9-5-6-18(15-31)32-14-17(11-29-32)16-10-21(22-20(27)12-30-33(22)13-16)36-23-19(26)7-4-8-28-23/h4,7-8,10-14,18H,5-6,9,15,27H2,1-3H3. The Hall–Kier alpha value is -3.60. The molecule has 4 aromatic heterocycles. The molecule has 5 rings (SSSR count). The van der Waals surface area contributed by atoms with Crippen LogP contribution in [0.15, 0.2) is 59.1 Å². The van der Waals surface area contributed by atoms with Crippen LogP contribution in [0, 0.1) is 5.82 Å². The van der Waals surface area contributed by atoms with Gasteiger partial charge in [-0.2, -0.15) is 10.2 Å². The minimum atomic E-state index is -0.536. The number of halogens is 1. The fourth-order valence-electron chi connectivity index (χ4n) is 4.24. The zero-order valence-electron chi connectivity index (χ0n) is 20.4. The number of likely N-dealkylation sites (tertiary alicyclic amines) is 1. The highest BCUT2D eigenvalue weighted by molar-refractivity contribution is 7.99. The van der Waals surface area contributed by atoms with E-state index in [1.165, 1.54) is 17.8 Å². The van der Waals surface area contributed by atoms with Crippen molar-refractivity contribution in [2.75, 3.05) is 18.8 Å². The van der Waals surface area contributed by atoms with Crippen molar-refractivity contribution in [2.45, 2.75) is 55.2 Å². The number of rotatable bonds is 4. The predicted molar refractivity (Wildman–Crippen MR) is 135 cm³/mol. The van der Waals surface area contributed by atoms with Crippen LogP contribution in [0.4, 0.5) is 14.9 Å². The summed E-state index contributed by atoms with van der Waals surface area (Å²) in [6.07, 6.45) is 10.2. The number of nitrogen functional groups attached to an aromatic ring is 1. The van der Waals surface area contributed by atoms with Crippen molar-refractivity contribution in [3.05, 3.63) is 55.0 Å². The lowest BCUT2D eigenvalue weighted by Crippen LogP contribution is -2.43. The molecule has 11 heteroatoms. The minimum absolute atomic E-state index is 0.0422. The lowest BCUT2D eigenvalue weighted by atomic mass is 10.1. The first kappa shape index (κ1) is 24.1. The molecule has 1 saturated heterocycles. The molecule has 1 aliphatic heterocycles. The number of anilines is 1. The zero-order valence-corrected chi connectivity index (χ0v) is 21.2. The third-order valence-corrected chi connectivity index (χ3v) is 6.92. The number of pyridine rings is 2. The summed E-state index contributed by atoms with van der Waals surface area (Å²) < 4.78 is 23.5. The fraction of sp³-hybridized carbons (Fsp3) is 0.360. The maximum Gasteiger partial charge on any atom is 0.410 e.